The van der Waals surface area contributed by atoms with Gasteiger partial charge in [0.25, 0.3) is 0 Å². The third kappa shape index (κ3) is 2.33. The van der Waals surface area contributed by atoms with Gasteiger partial charge in [0, 0.05) is 24.1 Å². The molecule has 0 aliphatic rings. The van der Waals surface area contributed by atoms with Crippen LogP contribution in [-0.2, 0) is 0 Å². The summed E-state index contributed by atoms with van der Waals surface area (Å²) in [5.74, 6) is 0. The van der Waals surface area contributed by atoms with E-state index < -0.39 is 0 Å². The lowest BCUT2D eigenvalue weighted by Crippen LogP contribution is -2.12. The molecule has 0 bridgehead atoms. The van der Waals surface area contributed by atoms with Gasteiger partial charge in [-0.3, -0.25) is 0 Å². The Morgan fingerprint density at radius 2 is 1.56 bits per heavy atom. The fourth-order valence-corrected chi connectivity index (χ4v) is 2.56. The van der Waals surface area contributed by atoms with Crippen molar-refractivity contribution in [2.75, 3.05) is 17.7 Å². The molecule has 0 saturated heterocycles. The summed E-state index contributed by atoms with van der Waals surface area (Å²) in [5.41, 5.74) is 12.9. The van der Waals surface area contributed by atoms with Crippen LogP contribution >= 0.6 is 0 Å². The smallest absolute Gasteiger partial charge is 0.0467 e. The maximum atomic E-state index is 5.85. The van der Waals surface area contributed by atoms with Crippen LogP contribution in [0.5, 0.6) is 0 Å². The summed E-state index contributed by atoms with van der Waals surface area (Å²) in [6.07, 6.45) is 0. The molecule has 2 aromatic rings. The Labute approximate surface area is 109 Å². The zero-order valence-corrected chi connectivity index (χ0v) is 11.5. The van der Waals surface area contributed by atoms with Gasteiger partial charge in [-0.15, -0.1) is 0 Å². The third-order valence-corrected chi connectivity index (χ3v) is 3.23. The number of hydrogen-bond donors (Lipinski definition) is 1. The van der Waals surface area contributed by atoms with E-state index in [1.54, 1.807) is 0 Å². The van der Waals surface area contributed by atoms with Crippen molar-refractivity contribution in [2.24, 2.45) is 0 Å². The number of aryl methyl sites for hydroxylation is 3. The molecular formula is C16H20N2. The highest BCUT2D eigenvalue weighted by Crippen LogP contribution is 2.31. The summed E-state index contributed by atoms with van der Waals surface area (Å²) >= 11 is 0. The van der Waals surface area contributed by atoms with Gasteiger partial charge in [-0.05, 0) is 50.1 Å². The van der Waals surface area contributed by atoms with Crippen LogP contribution in [0.4, 0.5) is 17.1 Å². The summed E-state index contributed by atoms with van der Waals surface area (Å²) in [7, 11) is 2.08. The zero-order chi connectivity index (χ0) is 13.3. The summed E-state index contributed by atoms with van der Waals surface area (Å²) in [6, 6.07) is 12.4. The predicted octanol–water partition coefficient (Wildman–Crippen LogP) is 3.96. The van der Waals surface area contributed by atoms with E-state index in [4.69, 9.17) is 5.73 Å². The van der Waals surface area contributed by atoms with Crippen LogP contribution < -0.4 is 10.6 Å². The highest BCUT2D eigenvalue weighted by atomic mass is 15.1. The van der Waals surface area contributed by atoms with Gasteiger partial charge >= 0.3 is 0 Å². The van der Waals surface area contributed by atoms with Gasteiger partial charge in [0.2, 0.25) is 0 Å². The normalized spacial score (nSPS) is 10.4. The maximum Gasteiger partial charge on any atom is 0.0467 e. The number of anilines is 3. The van der Waals surface area contributed by atoms with Gasteiger partial charge in [0.1, 0.15) is 0 Å². The number of benzene rings is 2. The second-order valence-electron chi connectivity index (χ2n) is 4.90. The average molecular weight is 240 g/mol. The highest BCUT2D eigenvalue weighted by molar-refractivity contribution is 5.71. The van der Waals surface area contributed by atoms with Crippen molar-refractivity contribution in [1.29, 1.82) is 0 Å². The minimum atomic E-state index is 0.793. The van der Waals surface area contributed by atoms with Crippen LogP contribution in [0.15, 0.2) is 36.4 Å². The van der Waals surface area contributed by atoms with Gasteiger partial charge < -0.3 is 10.6 Å². The molecule has 2 heteroatoms. The summed E-state index contributed by atoms with van der Waals surface area (Å²) in [6.45, 7) is 6.43. The Bertz CT molecular complexity index is 550. The lowest BCUT2D eigenvalue weighted by molar-refractivity contribution is 1.15. The van der Waals surface area contributed by atoms with Gasteiger partial charge in [-0.1, -0.05) is 23.8 Å². The van der Waals surface area contributed by atoms with Crippen LogP contribution in [-0.4, -0.2) is 7.05 Å². The molecule has 94 valence electrons. The lowest BCUT2D eigenvalue weighted by atomic mass is 10.0. The Kier molecular flexibility index (Phi) is 3.28. The van der Waals surface area contributed by atoms with E-state index in [9.17, 15) is 0 Å². The van der Waals surface area contributed by atoms with Gasteiger partial charge in [-0.2, -0.15) is 0 Å². The second kappa shape index (κ2) is 4.73. The molecule has 2 N–H and O–H groups in total. The molecular weight excluding hydrogens is 220 g/mol. The van der Waals surface area contributed by atoms with Crippen molar-refractivity contribution < 1.29 is 0 Å². The Hall–Kier alpha value is -1.96. The SMILES string of the molecule is Cc1cc(C)c(N(C)c2cccc(N)c2)c(C)c1. The first-order valence-electron chi connectivity index (χ1n) is 6.16. The topological polar surface area (TPSA) is 29.3 Å². The van der Waals surface area contributed by atoms with Crippen LogP contribution in [0.3, 0.4) is 0 Å². The molecule has 2 rings (SSSR count). The van der Waals surface area contributed by atoms with Gasteiger partial charge in [0.05, 0.1) is 0 Å². The van der Waals surface area contributed by atoms with Crippen LogP contribution in [0, 0.1) is 20.8 Å². The van der Waals surface area contributed by atoms with E-state index in [1.165, 1.54) is 22.4 Å². The van der Waals surface area contributed by atoms with Gasteiger partial charge in [-0.25, -0.2) is 0 Å². The Balaban J connectivity index is 2.49. The first-order chi connectivity index (χ1) is 8.49. The number of hydrogen-bond acceptors (Lipinski definition) is 2. The van der Waals surface area contributed by atoms with E-state index in [1.807, 2.05) is 18.2 Å². The zero-order valence-electron chi connectivity index (χ0n) is 11.5. The third-order valence-electron chi connectivity index (χ3n) is 3.23. The Morgan fingerprint density at radius 3 is 2.11 bits per heavy atom. The molecule has 0 unspecified atom stereocenters. The standard InChI is InChI=1S/C16H20N2/c1-11-8-12(2)16(13(3)9-11)18(4)15-7-5-6-14(17)10-15/h5-10H,17H2,1-4H3. The van der Waals surface area contributed by atoms with Crippen molar-refractivity contribution in [3.05, 3.63) is 53.1 Å². The van der Waals surface area contributed by atoms with Crippen molar-refractivity contribution in [1.82, 2.24) is 0 Å². The lowest BCUT2D eigenvalue weighted by Gasteiger charge is -2.24. The van der Waals surface area contributed by atoms with E-state index in [0.29, 0.717) is 0 Å². The fourth-order valence-electron chi connectivity index (χ4n) is 2.56. The monoisotopic (exact) mass is 240 g/mol. The minimum Gasteiger partial charge on any atom is -0.399 e. The minimum absolute atomic E-state index is 0.793. The molecule has 2 nitrogen and oxygen atoms in total. The van der Waals surface area contributed by atoms with Crippen molar-refractivity contribution in [3.63, 3.8) is 0 Å². The maximum absolute atomic E-state index is 5.85. The molecule has 18 heavy (non-hydrogen) atoms. The molecule has 0 aliphatic heterocycles. The van der Waals surface area contributed by atoms with Crippen molar-refractivity contribution in [2.45, 2.75) is 20.8 Å². The first-order valence-corrected chi connectivity index (χ1v) is 6.16. The van der Waals surface area contributed by atoms with Crippen molar-refractivity contribution in [3.8, 4) is 0 Å². The first kappa shape index (κ1) is 12.5. The predicted molar refractivity (Wildman–Crippen MR) is 79.6 cm³/mol. The van der Waals surface area contributed by atoms with Crippen LogP contribution in [0.2, 0.25) is 0 Å². The highest BCUT2D eigenvalue weighted by Gasteiger charge is 2.10. The molecule has 0 aromatic heterocycles. The van der Waals surface area contributed by atoms with Crippen LogP contribution in [0.25, 0.3) is 0 Å². The van der Waals surface area contributed by atoms with E-state index >= 15 is 0 Å². The molecule has 2 aromatic carbocycles. The summed E-state index contributed by atoms with van der Waals surface area (Å²) in [5, 5.41) is 0. The van der Waals surface area contributed by atoms with Crippen molar-refractivity contribution >= 4 is 17.1 Å². The van der Waals surface area contributed by atoms with E-state index in [0.717, 1.165) is 11.4 Å². The van der Waals surface area contributed by atoms with E-state index in [-0.39, 0.29) is 0 Å². The molecule has 0 heterocycles. The molecule has 0 aliphatic carbocycles. The summed E-state index contributed by atoms with van der Waals surface area (Å²) in [4.78, 5) is 2.19. The molecule has 0 amide bonds. The summed E-state index contributed by atoms with van der Waals surface area (Å²) < 4.78 is 0. The molecule has 0 saturated carbocycles. The largest absolute Gasteiger partial charge is 0.399 e. The molecule has 0 spiro atoms. The fraction of sp³-hybridized carbons (Fsp3) is 0.250. The molecule has 0 radical (unpaired) electrons. The number of nitrogens with two attached hydrogens (primary N) is 1. The second-order valence-corrected chi connectivity index (χ2v) is 4.90. The van der Waals surface area contributed by atoms with Crippen LogP contribution in [0.1, 0.15) is 16.7 Å². The molecule has 0 atom stereocenters. The number of rotatable bonds is 2. The average Bonchev–Trinajstić information content (AvgIpc) is 2.27. The molecule has 0 fully saturated rings. The Morgan fingerprint density at radius 1 is 0.944 bits per heavy atom. The number of nitrogen functional groups attached to an aromatic ring is 1. The van der Waals surface area contributed by atoms with E-state index in [2.05, 4.69) is 50.9 Å². The quantitative estimate of drug-likeness (QED) is 0.805. The van der Waals surface area contributed by atoms with Gasteiger partial charge in [0.15, 0.2) is 0 Å². The number of nitrogens with zero attached hydrogens (tertiary/aromatic N) is 1.